The Morgan fingerprint density at radius 3 is 2.65 bits per heavy atom. The monoisotopic (exact) mass is 319 g/mol. The van der Waals surface area contributed by atoms with Crippen LogP contribution in [0.3, 0.4) is 0 Å². The van der Waals surface area contributed by atoms with Crippen LogP contribution in [0, 0.1) is 11.3 Å². The maximum absolute atomic E-state index is 12.2. The number of nitriles is 1. The molecule has 0 N–H and O–H groups in total. The molecule has 0 aromatic carbocycles. The molecule has 6 heteroatoms. The van der Waals surface area contributed by atoms with Crippen molar-refractivity contribution >= 4 is 5.91 Å². The van der Waals surface area contributed by atoms with Crippen molar-refractivity contribution in [3.63, 3.8) is 0 Å². The lowest BCUT2D eigenvalue weighted by atomic mass is 10.3. The Hall–Kier alpha value is -2.29. The standard InChI is InChI=1S/C17H25N3O3/c1-3-10-19(11-4-2)16(21)14-23-15-8-7-13-20(17(15)22)12-6-5-9-18/h7-8,13H,3-6,10-12,14H2,1-2H3. The van der Waals surface area contributed by atoms with Gasteiger partial charge >= 0.3 is 0 Å². The summed E-state index contributed by atoms with van der Waals surface area (Å²) >= 11 is 0. The summed E-state index contributed by atoms with van der Waals surface area (Å²) in [6, 6.07) is 5.33. The van der Waals surface area contributed by atoms with Gasteiger partial charge in [-0.2, -0.15) is 5.26 Å². The van der Waals surface area contributed by atoms with Crippen LogP contribution in [0.25, 0.3) is 0 Å². The molecular formula is C17H25N3O3. The minimum atomic E-state index is -0.268. The van der Waals surface area contributed by atoms with Crippen molar-refractivity contribution in [1.82, 2.24) is 9.47 Å². The quantitative estimate of drug-likeness (QED) is 0.619. The predicted molar refractivity (Wildman–Crippen MR) is 88.2 cm³/mol. The van der Waals surface area contributed by atoms with Gasteiger partial charge in [-0.25, -0.2) is 0 Å². The summed E-state index contributed by atoms with van der Waals surface area (Å²) in [5.41, 5.74) is -0.268. The van der Waals surface area contributed by atoms with Gasteiger partial charge in [-0.15, -0.1) is 0 Å². The minimum absolute atomic E-state index is 0.104. The van der Waals surface area contributed by atoms with Crippen LogP contribution >= 0.6 is 0 Å². The van der Waals surface area contributed by atoms with E-state index in [1.807, 2.05) is 13.8 Å². The van der Waals surface area contributed by atoms with Crippen LogP contribution in [0.2, 0.25) is 0 Å². The summed E-state index contributed by atoms with van der Waals surface area (Å²) in [5.74, 6) is 0.0683. The molecule has 0 spiro atoms. The van der Waals surface area contributed by atoms with Crippen LogP contribution in [0.1, 0.15) is 39.5 Å². The first-order valence-electron chi connectivity index (χ1n) is 8.11. The maximum Gasteiger partial charge on any atom is 0.292 e. The normalized spacial score (nSPS) is 10.1. The molecule has 126 valence electrons. The van der Waals surface area contributed by atoms with E-state index < -0.39 is 0 Å². The van der Waals surface area contributed by atoms with E-state index in [0.29, 0.717) is 32.5 Å². The maximum atomic E-state index is 12.2. The predicted octanol–water partition coefficient (Wildman–Crippen LogP) is 2.18. The highest BCUT2D eigenvalue weighted by Crippen LogP contribution is 2.04. The third-order valence-electron chi connectivity index (χ3n) is 3.36. The van der Waals surface area contributed by atoms with Gasteiger partial charge in [0, 0.05) is 32.3 Å². The molecule has 0 radical (unpaired) electrons. The number of aromatic nitrogens is 1. The summed E-state index contributed by atoms with van der Waals surface area (Å²) in [6.45, 7) is 5.78. The van der Waals surface area contributed by atoms with E-state index in [2.05, 4.69) is 6.07 Å². The van der Waals surface area contributed by atoms with Crippen LogP contribution in [-0.4, -0.2) is 35.1 Å². The van der Waals surface area contributed by atoms with Crippen molar-refractivity contribution < 1.29 is 9.53 Å². The molecule has 0 aliphatic heterocycles. The fraction of sp³-hybridized carbons (Fsp3) is 0.588. The van der Waals surface area contributed by atoms with Gasteiger partial charge in [0.2, 0.25) is 0 Å². The lowest BCUT2D eigenvalue weighted by Gasteiger charge is -2.21. The van der Waals surface area contributed by atoms with E-state index >= 15 is 0 Å². The van der Waals surface area contributed by atoms with E-state index in [9.17, 15) is 9.59 Å². The third-order valence-corrected chi connectivity index (χ3v) is 3.36. The number of unbranched alkanes of at least 4 members (excludes halogenated alkanes) is 1. The largest absolute Gasteiger partial charge is 0.478 e. The summed E-state index contributed by atoms with van der Waals surface area (Å²) in [6.07, 6.45) is 4.46. The third kappa shape index (κ3) is 6.15. The Labute approximate surface area is 137 Å². The summed E-state index contributed by atoms with van der Waals surface area (Å²) < 4.78 is 6.94. The fourth-order valence-electron chi connectivity index (χ4n) is 2.26. The van der Waals surface area contributed by atoms with Gasteiger partial charge in [-0.3, -0.25) is 9.59 Å². The van der Waals surface area contributed by atoms with Crippen LogP contribution in [0.4, 0.5) is 0 Å². The number of amides is 1. The van der Waals surface area contributed by atoms with Crippen molar-refractivity contribution in [2.75, 3.05) is 19.7 Å². The number of carbonyl (C=O) groups excluding carboxylic acids is 1. The number of rotatable bonds is 10. The minimum Gasteiger partial charge on any atom is -0.478 e. The Bertz CT molecular complexity index is 583. The van der Waals surface area contributed by atoms with Crippen molar-refractivity contribution in [2.24, 2.45) is 0 Å². The summed E-state index contributed by atoms with van der Waals surface area (Å²) in [5, 5.41) is 8.55. The number of pyridine rings is 1. The first-order chi connectivity index (χ1) is 11.1. The van der Waals surface area contributed by atoms with Crippen molar-refractivity contribution in [2.45, 2.75) is 46.1 Å². The van der Waals surface area contributed by atoms with Gasteiger partial charge in [-0.1, -0.05) is 13.8 Å². The average molecular weight is 319 g/mol. The molecule has 0 bridgehead atoms. The molecule has 1 aromatic rings. The molecule has 0 aliphatic carbocycles. The molecule has 0 saturated carbocycles. The zero-order valence-electron chi connectivity index (χ0n) is 14.0. The average Bonchev–Trinajstić information content (AvgIpc) is 2.55. The van der Waals surface area contributed by atoms with E-state index in [0.717, 1.165) is 12.8 Å². The molecule has 1 aromatic heterocycles. The first kappa shape index (κ1) is 18.8. The number of aryl methyl sites for hydroxylation is 1. The zero-order valence-corrected chi connectivity index (χ0v) is 14.0. The number of hydrogen-bond donors (Lipinski definition) is 0. The molecule has 1 heterocycles. The lowest BCUT2D eigenvalue weighted by molar-refractivity contribution is -0.133. The number of hydrogen-bond acceptors (Lipinski definition) is 4. The molecule has 1 amide bonds. The smallest absolute Gasteiger partial charge is 0.292 e. The lowest BCUT2D eigenvalue weighted by Crippen LogP contribution is -2.36. The molecule has 0 fully saturated rings. The first-order valence-corrected chi connectivity index (χ1v) is 8.11. The topological polar surface area (TPSA) is 75.3 Å². The molecule has 0 saturated heterocycles. The van der Waals surface area contributed by atoms with Gasteiger partial charge in [-0.05, 0) is 31.4 Å². The molecule has 0 atom stereocenters. The van der Waals surface area contributed by atoms with Gasteiger partial charge in [0.15, 0.2) is 12.4 Å². The zero-order chi connectivity index (χ0) is 17.1. The second-order valence-electron chi connectivity index (χ2n) is 5.30. The van der Waals surface area contributed by atoms with Crippen molar-refractivity contribution in [1.29, 1.82) is 5.26 Å². The van der Waals surface area contributed by atoms with Crippen LogP contribution in [0.5, 0.6) is 5.75 Å². The van der Waals surface area contributed by atoms with E-state index in [1.165, 1.54) is 4.57 Å². The van der Waals surface area contributed by atoms with E-state index in [1.54, 1.807) is 23.2 Å². The van der Waals surface area contributed by atoms with Crippen LogP contribution in [-0.2, 0) is 11.3 Å². The van der Waals surface area contributed by atoms with Gasteiger partial charge in [0.05, 0.1) is 6.07 Å². The van der Waals surface area contributed by atoms with Crippen molar-refractivity contribution in [3.8, 4) is 11.8 Å². The Balaban J connectivity index is 2.66. The highest BCUT2D eigenvalue weighted by atomic mass is 16.5. The molecule has 1 rings (SSSR count). The van der Waals surface area contributed by atoms with Crippen molar-refractivity contribution in [3.05, 3.63) is 28.7 Å². The van der Waals surface area contributed by atoms with E-state index in [-0.39, 0.29) is 23.8 Å². The fourth-order valence-corrected chi connectivity index (χ4v) is 2.26. The molecular weight excluding hydrogens is 294 g/mol. The number of carbonyl (C=O) groups is 1. The molecule has 6 nitrogen and oxygen atoms in total. The summed E-state index contributed by atoms with van der Waals surface area (Å²) in [4.78, 5) is 26.1. The number of ether oxygens (including phenoxy) is 1. The van der Waals surface area contributed by atoms with Gasteiger partial charge in [0.25, 0.3) is 11.5 Å². The SMILES string of the molecule is CCCN(CCC)C(=O)COc1cccn(CCCC#N)c1=O. The van der Waals surface area contributed by atoms with Gasteiger partial charge in [0.1, 0.15) is 0 Å². The Morgan fingerprint density at radius 1 is 1.35 bits per heavy atom. The highest BCUT2D eigenvalue weighted by Gasteiger charge is 2.13. The second kappa shape index (κ2) is 10.4. The number of nitrogens with zero attached hydrogens (tertiary/aromatic N) is 3. The second-order valence-corrected chi connectivity index (χ2v) is 5.30. The van der Waals surface area contributed by atoms with E-state index in [4.69, 9.17) is 10.00 Å². The molecule has 0 unspecified atom stereocenters. The Morgan fingerprint density at radius 2 is 2.04 bits per heavy atom. The Kier molecular flexibility index (Phi) is 8.51. The highest BCUT2D eigenvalue weighted by molar-refractivity contribution is 5.77. The van der Waals surface area contributed by atoms with Crippen LogP contribution < -0.4 is 10.3 Å². The summed E-state index contributed by atoms with van der Waals surface area (Å²) in [7, 11) is 0. The van der Waals surface area contributed by atoms with Gasteiger partial charge < -0.3 is 14.2 Å². The molecule has 0 aliphatic rings. The van der Waals surface area contributed by atoms with Crippen LogP contribution in [0.15, 0.2) is 23.1 Å². The molecule has 23 heavy (non-hydrogen) atoms.